The number of hydrogen-bond donors (Lipinski definition) is 1. The molecule has 0 spiro atoms. The number of benzene rings is 3. The average Bonchev–Trinajstić information content (AvgIpc) is 2.73. The fourth-order valence-electron chi connectivity index (χ4n) is 2.70. The normalized spacial score (nSPS) is 10.2. The molecule has 0 aliphatic heterocycles. The van der Waals surface area contributed by atoms with Gasteiger partial charge in [0.1, 0.15) is 17.1 Å². The van der Waals surface area contributed by atoms with Gasteiger partial charge in [-0.15, -0.1) is 0 Å². The van der Waals surface area contributed by atoms with Crippen LogP contribution in [0.15, 0.2) is 72.8 Å². The molecule has 1 amide bonds. The van der Waals surface area contributed by atoms with Gasteiger partial charge >= 0.3 is 5.97 Å². The zero-order valence-corrected chi connectivity index (χ0v) is 16.0. The first kappa shape index (κ1) is 20.5. The maximum Gasteiger partial charge on any atom is 0.345 e. The number of hydrogen-bond acceptors (Lipinski definition) is 6. The third-order valence-corrected chi connectivity index (χ3v) is 4.09. The van der Waals surface area contributed by atoms with Crippen LogP contribution in [0.5, 0.6) is 11.5 Å². The molecule has 0 heterocycles. The van der Waals surface area contributed by atoms with E-state index in [0.29, 0.717) is 22.7 Å². The number of esters is 1. The molecule has 3 aromatic carbocycles. The second kappa shape index (κ2) is 9.33. The highest BCUT2D eigenvalue weighted by Gasteiger charge is 2.24. The fraction of sp³-hybridized carbons (Fsp3) is 0.0909. The molecule has 0 saturated heterocycles. The van der Waals surface area contributed by atoms with Gasteiger partial charge in [-0.25, -0.2) is 4.79 Å². The molecular formula is C22H18N2O6. The molecule has 0 atom stereocenters. The lowest BCUT2D eigenvalue weighted by atomic mass is 10.1. The molecule has 1 N–H and O–H groups in total. The predicted molar refractivity (Wildman–Crippen MR) is 110 cm³/mol. The van der Waals surface area contributed by atoms with E-state index in [1.54, 1.807) is 24.3 Å². The van der Waals surface area contributed by atoms with Crippen molar-refractivity contribution in [3.05, 3.63) is 94.0 Å². The Morgan fingerprint density at radius 3 is 2.27 bits per heavy atom. The molecule has 3 rings (SSSR count). The Kier molecular flexibility index (Phi) is 6.39. The average molecular weight is 406 g/mol. The van der Waals surface area contributed by atoms with Crippen LogP contribution in [0, 0.1) is 17.0 Å². The summed E-state index contributed by atoms with van der Waals surface area (Å²) in [4.78, 5) is 34.8. The molecule has 0 saturated carbocycles. The Morgan fingerprint density at radius 2 is 1.60 bits per heavy atom. The van der Waals surface area contributed by atoms with Crippen molar-refractivity contribution in [3.8, 4) is 11.5 Å². The highest BCUT2D eigenvalue weighted by atomic mass is 16.6. The summed E-state index contributed by atoms with van der Waals surface area (Å²) < 4.78 is 10.6. The SMILES string of the molecule is Cc1cccc(C(=O)OCC(=O)Nc2ccc(Oc3ccccc3)cc2)c1[N+](=O)[O-]. The molecule has 0 aliphatic carbocycles. The molecule has 30 heavy (non-hydrogen) atoms. The third kappa shape index (κ3) is 5.20. The molecular weight excluding hydrogens is 388 g/mol. The second-order valence-electron chi connectivity index (χ2n) is 6.29. The molecule has 3 aromatic rings. The number of aryl methyl sites for hydroxylation is 1. The van der Waals surface area contributed by atoms with Gasteiger partial charge in [0.25, 0.3) is 11.6 Å². The van der Waals surface area contributed by atoms with Crippen LogP contribution in [0.4, 0.5) is 11.4 Å². The van der Waals surface area contributed by atoms with Gasteiger partial charge in [-0.05, 0) is 49.4 Å². The lowest BCUT2D eigenvalue weighted by Gasteiger charge is -2.09. The van der Waals surface area contributed by atoms with Crippen LogP contribution in [0.3, 0.4) is 0 Å². The number of nitro groups is 1. The topological polar surface area (TPSA) is 108 Å². The van der Waals surface area contributed by atoms with Crippen LogP contribution in [0.25, 0.3) is 0 Å². The highest BCUT2D eigenvalue weighted by molar-refractivity contribution is 5.97. The van der Waals surface area contributed by atoms with Gasteiger partial charge in [0.05, 0.1) is 4.92 Å². The Balaban J connectivity index is 1.55. The lowest BCUT2D eigenvalue weighted by Crippen LogP contribution is -2.21. The number of amides is 1. The van der Waals surface area contributed by atoms with Crippen LogP contribution in [-0.4, -0.2) is 23.4 Å². The van der Waals surface area contributed by atoms with E-state index in [9.17, 15) is 19.7 Å². The Bertz CT molecular complexity index is 1060. The molecule has 152 valence electrons. The number of carbonyl (C=O) groups excluding carboxylic acids is 2. The quantitative estimate of drug-likeness (QED) is 0.352. The number of nitrogens with one attached hydrogen (secondary N) is 1. The summed E-state index contributed by atoms with van der Waals surface area (Å²) in [6.07, 6.45) is 0. The van der Waals surface area contributed by atoms with Gasteiger partial charge in [0, 0.05) is 11.3 Å². The molecule has 0 bridgehead atoms. The van der Waals surface area contributed by atoms with Crippen LogP contribution in [-0.2, 0) is 9.53 Å². The number of ether oxygens (including phenoxy) is 2. The Hall–Kier alpha value is -4.20. The number of rotatable bonds is 7. The number of anilines is 1. The smallest absolute Gasteiger partial charge is 0.345 e. The third-order valence-electron chi connectivity index (χ3n) is 4.09. The summed E-state index contributed by atoms with van der Waals surface area (Å²) >= 11 is 0. The van der Waals surface area contributed by atoms with E-state index in [1.165, 1.54) is 25.1 Å². The van der Waals surface area contributed by atoms with Crippen LogP contribution in [0.1, 0.15) is 15.9 Å². The van der Waals surface area contributed by atoms with E-state index in [-0.39, 0.29) is 11.3 Å². The van der Waals surface area contributed by atoms with Crippen LogP contribution >= 0.6 is 0 Å². The number of para-hydroxylation sites is 2. The minimum absolute atomic E-state index is 0.199. The van der Waals surface area contributed by atoms with Crippen molar-refractivity contribution in [3.63, 3.8) is 0 Å². The first-order chi connectivity index (χ1) is 14.4. The Morgan fingerprint density at radius 1 is 0.933 bits per heavy atom. The van der Waals surface area contributed by atoms with Gasteiger partial charge in [-0.1, -0.05) is 30.3 Å². The van der Waals surface area contributed by atoms with Crippen molar-refractivity contribution in [2.24, 2.45) is 0 Å². The number of nitrogens with zero attached hydrogens (tertiary/aromatic N) is 1. The molecule has 0 radical (unpaired) electrons. The predicted octanol–water partition coefficient (Wildman–Crippen LogP) is 4.49. The largest absolute Gasteiger partial charge is 0.457 e. The van der Waals surface area contributed by atoms with Crippen molar-refractivity contribution in [1.82, 2.24) is 0 Å². The summed E-state index contributed by atoms with van der Waals surface area (Å²) in [5, 5.41) is 13.8. The van der Waals surface area contributed by atoms with Gasteiger partial charge in [0.15, 0.2) is 6.61 Å². The summed E-state index contributed by atoms with van der Waals surface area (Å²) in [5.74, 6) is -0.230. The zero-order valence-electron chi connectivity index (χ0n) is 16.0. The molecule has 0 fully saturated rings. The van der Waals surface area contributed by atoms with E-state index in [1.807, 2.05) is 30.3 Å². The minimum atomic E-state index is -0.938. The molecule has 0 aliphatic rings. The number of nitro benzene ring substituents is 1. The zero-order chi connectivity index (χ0) is 21.5. The summed E-state index contributed by atoms with van der Waals surface area (Å²) in [5.41, 5.74) is 0.279. The maximum absolute atomic E-state index is 12.2. The van der Waals surface area contributed by atoms with Gasteiger partial charge < -0.3 is 14.8 Å². The van der Waals surface area contributed by atoms with E-state index < -0.39 is 23.4 Å². The maximum atomic E-state index is 12.2. The summed E-state index contributed by atoms with van der Waals surface area (Å²) in [6, 6.07) is 20.2. The van der Waals surface area contributed by atoms with Gasteiger partial charge in [-0.2, -0.15) is 0 Å². The van der Waals surface area contributed by atoms with E-state index in [2.05, 4.69) is 5.32 Å². The monoisotopic (exact) mass is 406 g/mol. The van der Waals surface area contributed by atoms with E-state index in [0.717, 1.165) is 0 Å². The summed E-state index contributed by atoms with van der Waals surface area (Å²) in [7, 11) is 0. The lowest BCUT2D eigenvalue weighted by molar-refractivity contribution is -0.385. The van der Waals surface area contributed by atoms with Crippen LogP contribution in [0.2, 0.25) is 0 Å². The molecule has 0 aromatic heterocycles. The van der Waals surface area contributed by atoms with Crippen molar-refractivity contribution in [1.29, 1.82) is 0 Å². The van der Waals surface area contributed by atoms with E-state index >= 15 is 0 Å². The second-order valence-corrected chi connectivity index (χ2v) is 6.29. The van der Waals surface area contributed by atoms with Crippen molar-refractivity contribution in [2.45, 2.75) is 6.92 Å². The fourth-order valence-corrected chi connectivity index (χ4v) is 2.70. The highest BCUT2D eigenvalue weighted by Crippen LogP contribution is 2.24. The van der Waals surface area contributed by atoms with Gasteiger partial charge in [-0.3, -0.25) is 14.9 Å². The Labute approximate surface area is 172 Å². The number of carbonyl (C=O) groups is 2. The summed E-state index contributed by atoms with van der Waals surface area (Å²) in [6.45, 7) is 0.943. The van der Waals surface area contributed by atoms with Gasteiger partial charge in [0.2, 0.25) is 0 Å². The molecule has 8 nitrogen and oxygen atoms in total. The first-order valence-electron chi connectivity index (χ1n) is 8.98. The van der Waals surface area contributed by atoms with Crippen LogP contribution < -0.4 is 10.1 Å². The van der Waals surface area contributed by atoms with Crippen molar-refractivity contribution < 1.29 is 24.0 Å². The standard InChI is InChI=1S/C22H18N2O6/c1-15-6-5-9-19(21(15)24(27)28)22(26)29-14-20(25)23-16-10-12-18(13-11-16)30-17-7-3-2-4-8-17/h2-13H,14H2,1H3,(H,23,25). The molecule has 8 heteroatoms. The molecule has 0 unspecified atom stereocenters. The van der Waals surface area contributed by atoms with E-state index in [4.69, 9.17) is 9.47 Å². The first-order valence-corrected chi connectivity index (χ1v) is 8.98. The van der Waals surface area contributed by atoms with Crippen molar-refractivity contribution in [2.75, 3.05) is 11.9 Å². The minimum Gasteiger partial charge on any atom is -0.457 e. The van der Waals surface area contributed by atoms with Crippen molar-refractivity contribution >= 4 is 23.3 Å².